The van der Waals surface area contributed by atoms with Crippen LogP contribution in [0.2, 0.25) is 0 Å². The van der Waals surface area contributed by atoms with Crippen LogP contribution in [0, 0.1) is 0 Å². The largest absolute Gasteiger partial charge is 0.462 e. The zero-order chi connectivity index (χ0) is 52.9. The van der Waals surface area contributed by atoms with E-state index in [1.54, 1.807) is 0 Å². The summed E-state index contributed by atoms with van der Waals surface area (Å²) >= 11 is 0. The summed E-state index contributed by atoms with van der Waals surface area (Å²) < 4.78 is 16.9. The van der Waals surface area contributed by atoms with Gasteiger partial charge in [0.25, 0.3) is 0 Å². The molecule has 0 N–H and O–H groups in total. The van der Waals surface area contributed by atoms with Gasteiger partial charge in [-0.2, -0.15) is 0 Å². The van der Waals surface area contributed by atoms with Crippen LogP contribution in [0.1, 0.15) is 316 Å². The van der Waals surface area contributed by atoms with Gasteiger partial charge in [-0.3, -0.25) is 14.4 Å². The van der Waals surface area contributed by atoms with Crippen molar-refractivity contribution in [3.05, 3.63) is 72.9 Å². The number of rotatable bonds is 57. The van der Waals surface area contributed by atoms with Crippen LogP contribution >= 0.6 is 0 Å². The number of ether oxygens (including phenoxy) is 3. The molecule has 1 unspecified atom stereocenters. The molecule has 0 fully saturated rings. The molecule has 0 saturated carbocycles. The molecule has 0 bridgehead atoms. The lowest BCUT2D eigenvalue weighted by Crippen LogP contribution is -2.30. The summed E-state index contributed by atoms with van der Waals surface area (Å²) in [5, 5.41) is 0. The zero-order valence-corrected chi connectivity index (χ0v) is 48.4. The van der Waals surface area contributed by atoms with E-state index in [-0.39, 0.29) is 31.1 Å². The van der Waals surface area contributed by atoms with E-state index in [0.717, 1.165) is 89.9 Å². The molecular formula is C67H118O6. The van der Waals surface area contributed by atoms with E-state index < -0.39 is 6.10 Å². The summed E-state index contributed by atoms with van der Waals surface area (Å²) in [7, 11) is 0. The van der Waals surface area contributed by atoms with Gasteiger partial charge < -0.3 is 14.2 Å². The van der Waals surface area contributed by atoms with Crippen LogP contribution in [0.4, 0.5) is 0 Å². The predicted octanol–water partition coefficient (Wildman–Crippen LogP) is 21.3. The van der Waals surface area contributed by atoms with Crippen molar-refractivity contribution in [2.75, 3.05) is 13.2 Å². The fourth-order valence-corrected chi connectivity index (χ4v) is 8.89. The van der Waals surface area contributed by atoms with Gasteiger partial charge >= 0.3 is 17.9 Å². The standard InChI is InChI=1S/C67H118O6/c1-4-7-10-13-16-19-22-25-27-29-30-31-32-33-34-35-36-38-39-42-45-48-51-54-57-60-66(69)72-63-64(62-71-65(68)59-56-53-50-47-44-41-24-21-18-15-12-9-6-3)73-67(70)61-58-55-52-49-46-43-40-37-28-26-23-20-17-14-11-8-5-2/h17,20-22,24-26,28-30,32-33,64H,4-16,18-19,23,27,31,34-63H2,1-3H3/b20-17-,24-21-,25-22-,28-26-,30-29-,33-32-. The minimum absolute atomic E-state index is 0.0823. The average Bonchev–Trinajstić information content (AvgIpc) is 3.39. The van der Waals surface area contributed by atoms with Gasteiger partial charge in [-0.15, -0.1) is 0 Å². The summed E-state index contributed by atoms with van der Waals surface area (Å²) in [6.45, 7) is 6.60. The van der Waals surface area contributed by atoms with E-state index in [2.05, 4.69) is 93.7 Å². The summed E-state index contributed by atoms with van der Waals surface area (Å²) in [4.78, 5) is 38.2. The Morgan fingerprint density at radius 3 is 0.822 bits per heavy atom. The molecular weight excluding hydrogens is 901 g/mol. The summed E-state index contributed by atoms with van der Waals surface area (Å²) in [5.74, 6) is -0.891. The summed E-state index contributed by atoms with van der Waals surface area (Å²) in [5.41, 5.74) is 0. The van der Waals surface area contributed by atoms with Gasteiger partial charge in [0, 0.05) is 19.3 Å². The number of carbonyl (C=O) groups excluding carboxylic acids is 3. The number of allylic oxidation sites excluding steroid dienone is 12. The maximum Gasteiger partial charge on any atom is 0.306 e. The first kappa shape index (κ1) is 69.8. The third kappa shape index (κ3) is 59.6. The Hall–Kier alpha value is -3.15. The van der Waals surface area contributed by atoms with E-state index in [4.69, 9.17) is 14.2 Å². The first-order chi connectivity index (χ1) is 36.0. The molecule has 6 heteroatoms. The van der Waals surface area contributed by atoms with E-state index in [0.29, 0.717) is 19.3 Å². The number of unbranched alkanes of at least 4 members (excludes halogenated alkanes) is 34. The van der Waals surface area contributed by atoms with Gasteiger partial charge in [0.2, 0.25) is 0 Å². The highest BCUT2D eigenvalue weighted by Crippen LogP contribution is 2.16. The normalized spacial score (nSPS) is 12.5. The Kier molecular flexibility index (Phi) is 58.7. The van der Waals surface area contributed by atoms with Crippen molar-refractivity contribution in [2.45, 2.75) is 322 Å². The lowest BCUT2D eigenvalue weighted by molar-refractivity contribution is -0.167. The predicted molar refractivity (Wildman–Crippen MR) is 316 cm³/mol. The molecule has 0 spiro atoms. The maximum atomic E-state index is 12.9. The Morgan fingerprint density at radius 2 is 0.493 bits per heavy atom. The van der Waals surface area contributed by atoms with Crippen molar-refractivity contribution >= 4 is 17.9 Å². The molecule has 1 atom stereocenters. The highest BCUT2D eigenvalue weighted by Gasteiger charge is 2.19. The van der Waals surface area contributed by atoms with Crippen molar-refractivity contribution in [3.8, 4) is 0 Å². The molecule has 0 radical (unpaired) electrons. The minimum atomic E-state index is -0.785. The molecule has 0 aliphatic heterocycles. The van der Waals surface area contributed by atoms with Crippen molar-refractivity contribution in [3.63, 3.8) is 0 Å². The Bertz CT molecular complexity index is 1360. The molecule has 0 aliphatic carbocycles. The van der Waals surface area contributed by atoms with Crippen LogP contribution < -0.4 is 0 Å². The second-order valence-electron chi connectivity index (χ2n) is 21.0. The molecule has 0 saturated heterocycles. The van der Waals surface area contributed by atoms with E-state index in [9.17, 15) is 14.4 Å². The molecule has 0 heterocycles. The van der Waals surface area contributed by atoms with Crippen LogP contribution in [0.25, 0.3) is 0 Å². The average molecular weight is 1020 g/mol. The lowest BCUT2D eigenvalue weighted by Gasteiger charge is -2.18. The first-order valence-electron chi connectivity index (χ1n) is 31.4. The summed E-state index contributed by atoms with van der Waals surface area (Å²) in [6.07, 6.45) is 79.0. The van der Waals surface area contributed by atoms with Gasteiger partial charge in [-0.25, -0.2) is 0 Å². The van der Waals surface area contributed by atoms with Crippen molar-refractivity contribution < 1.29 is 28.6 Å². The molecule has 0 amide bonds. The van der Waals surface area contributed by atoms with Crippen molar-refractivity contribution in [1.29, 1.82) is 0 Å². The number of esters is 3. The fourth-order valence-electron chi connectivity index (χ4n) is 8.89. The molecule has 0 aromatic rings. The van der Waals surface area contributed by atoms with Crippen LogP contribution in [-0.2, 0) is 28.6 Å². The highest BCUT2D eigenvalue weighted by molar-refractivity contribution is 5.71. The molecule has 73 heavy (non-hydrogen) atoms. The monoisotopic (exact) mass is 1020 g/mol. The van der Waals surface area contributed by atoms with Crippen molar-refractivity contribution in [2.24, 2.45) is 0 Å². The van der Waals surface area contributed by atoms with Crippen LogP contribution in [-0.4, -0.2) is 37.2 Å². The molecule has 0 aromatic carbocycles. The van der Waals surface area contributed by atoms with Gasteiger partial charge in [0.15, 0.2) is 6.10 Å². The maximum absolute atomic E-state index is 12.9. The van der Waals surface area contributed by atoms with E-state index in [1.807, 2.05) is 0 Å². The van der Waals surface area contributed by atoms with E-state index in [1.165, 1.54) is 186 Å². The Balaban J connectivity index is 4.32. The molecule has 422 valence electrons. The molecule has 0 aromatic heterocycles. The third-order valence-electron chi connectivity index (χ3n) is 13.7. The van der Waals surface area contributed by atoms with E-state index >= 15 is 0 Å². The van der Waals surface area contributed by atoms with Gasteiger partial charge in [-0.05, 0) is 116 Å². The van der Waals surface area contributed by atoms with Gasteiger partial charge in [-0.1, -0.05) is 254 Å². The summed E-state index contributed by atoms with van der Waals surface area (Å²) in [6, 6.07) is 0. The third-order valence-corrected chi connectivity index (χ3v) is 13.7. The number of hydrogen-bond acceptors (Lipinski definition) is 6. The van der Waals surface area contributed by atoms with Gasteiger partial charge in [0.05, 0.1) is 0 Å². The molecule has 0 aliphatic rings. The Morgan fingerprint density at radius 1 is 0.274 bits per heavy atom. The topological polar surface area (TPSA) is 78.9 Å². The SMILES string of the molecule is CCCCC/C=C\C/C=C\CCCCCCCCCC(=O)OC(COC(=O)CCCCCCC/C=C\CCCCCC)COC(=O)CCCCCCCCCCCC/C=C\C/C=C\C/C=C\CCCCCCC. The molecule has 6 nitrogen and oxygen atoms in total. The first-order valence-corrected chi connectivity index (χ1v) is 31.4. The minimum Gasteiger partial charge on any atom is -0.462 e. The smallest absolute Gasteiger partial charge is 0.306 e. The number of carbonyl (C=O) groups is 3. The fraction of sp³-hybridized carbons (Fsp3) is 0.776. The lowest BCUT2D eigenvalue weighted by atomic mass is 10.1. The second kappa shape index (κ2) is 61.4. The van der Waals surface area contributed by atoms with Crippen LogP contribution in [0.3, 0.4) is 0 Å². The van der Waals surface area contributed by atoms with Crippen LogP contribution in [0.15, 0.2) is 72.9 Å². The van der Waals surface area contributed by atoms with Crippen molar-refractivity contribution in [1.82, 2.24) is 0 Å². The molecule has 0 rings (SSSR count). The number of hydrogen-bond donors (Lipinski definition) is 0. The Labute approximate surface area is 453 Å². The zero-order valence-electron chi connectivity index (χ0n) is 48.4. The highest BCUT2D eigenvalue weighted by atomic mass is 16.6. The van der Waals surface area contributed by atoms with Gasteiger partial charge in [0.1, 0.15) is 13.2 Å². The second-order valence-corrected chi connectivity index (χ2v) is 21.0. The quantitative estimate of drug-likeness (QED) is 0.0261. The van der Waals surface area contributed by atoms with Crippen LogP contribution in [0.5, 0.6) is 0 Å².